The number of Topliss-reactive ketones (excluding diaryl/α,β-unsaturated/α-hetero) is 1. The first-order valence-corrected chi connectivity index (χ1v) is 6.52. The van der Waals surface area contributed by atoms with E-state index in [-0.39, 0.29) is 5.78 Å². The van der Waals surface area contributed by atoms with Crippen molar-refractivity contribution in [2.75, 3.05) is 20.2 Å². The highest BCUT2D eigenvalue weighted by atomic mass is 16.5. The van der Waals surface area contributed by atoms with Gasteiger partial charge in [0.2, 0.25) is 0 Å². The summed E-state index contributed by atoms with van der Waals surface area (Å²) >= 11 is 0. The number of fused-ring (bicyclic) bond motifs is 1. The Hall–Kier alpha value is -2.21. The average molecular weight is 272 g/mol. The smallest absolute Gasteiger partial charge is 0.176 e. The van der Waals surface area contributed by atoms with Crippen molar-refractivity contribution in [1.29, 1.82) is 0 Å². The van der Waals surface area contributed by atoms with E-state index >= 15 is 0 Å². The number of carbonyl (C=O) groups is 1. The predicted octanol–water partition coefficient (Wildman–Crippen LogP) is 0.985. The SMILES string of the molecule is COc1cccc(C(=O)CN2CCn3cnnc3C2)c1. The Morgan fingerprint density at radius 1 is 1.40 bits per heavy atom. The van der Waals surface area contributed by atoms with Crippen LogP contribution in [0.5, 0.6) is 5.75 Å². The zero-order chi connectivity index (χ0) is 13.9. The lowest BCUT2D eigenvalue weighted by molar-refractivity contribution is 0.0907. The molecule has 0 saturated heterocycles. The number of aromatic nitrogens is 3. The molecule has 0 aliphatic carbocycles. The highest BCUT2D eigenvalue weighted by Gasteiger charge is 2.20. The zero-order valence-corrected chi connectivity index (χ0v) is 11.3. The molecule has 0 saturated carbocycles. The van der Waals surface area contributed by atoms with Crippen LogP contribution in [0.25, 0.3) is 0 Å². The van der Waals surface area contributed by atoms with Crippen molar-refractivity contribution in [2.24, 2.45) is 0 Å². The fourth-order valence-corrected chi connectivity index (χ4v) is 2.34. The molecule has 104 valence electrons. The molecule has 2 heterocycles. The van der Waals surface area contributed by atoms with E-state index < -0.39 is 0 Å². The van der Waals surface area contributed by atoms with Crippen LogP contribution < -0.4 is 4.74 Å². The summed E-state index contributed by atoms with van der Waals surface area (Å²) in [6.45, 7) is 2.71. The Kier molecular flexibility index (Phi) is 3.47. The predicted molar refractivity (Wildman–Crippen MR) is 72.6 cm³/mol. The number of rotatable bonds is 4. The van der Waals surface area contributed by atoms with Gasteiger partial charge in [0.15, 0.2) is 5.78 Å². The van der Waals surface area contributed by atoms with E-state index in [0.717, 1.165) is 18.9 Å². The maximum Gasteiger partial charge on any atom is 0.176 e. The van der Waals surface area contributed by atoms with Crippen molar-refractivity contribution in [1.82, 2.24) is 19.7 Å². The Labute approximate surface area is 117 Å². The van der Waals surface area contributed by atoms with Crippen LogP contribution in [0, 0.1) is 0 Å². The van der Waals surface area contributed by atoms with Gasteiger partial charge in [-0.05, 0) is 12.1 Å². The minimum atomic E-state index is 0.0943. The Bertz CT molecular complexity index is 623. The van der Waals surface area contributed by atoms with Gasteiger partial charge in [0.1, 0.15) is 17.9 Å². The molecule has 0 fully saturated rings. The van der Waals surface area contributed by atoms with Crippen molar-refractivity contribution in [2.45, 2.75) is 13.1 Å². The molecule has 0 amide bonds. The summed E-state index contributed by atoms with van der Waals surface area (Å²) < 4.78 is 7.16. The first-order valence-electron chi connectivity index (χ1n) is 6.52. The molecule has 6 heteroatoms. The van der Waals surface area contributed by atoms with Gasteiger partial charge in [-0.25, -0.2) is 0 Å². The maximum absolute atomic E-state index is 12.3. The fraction of sp³-hybridized carbons (Fsp3) is 0.357. The van der Waals surface area contributed by atoms with E-state index in [9.17, 15) is 4.79 Å². The molecule has 0 unspecified atom stereocenters. The molecule has 1 aliphatic heterocycles. The van der Waals surface area contributed by atoms with Crippen LogP contribution >= 0.6 is 0 Å². The maximum atomic E-state index is 12.3. The van der Waals surface area contributed by atoms with Gasteiger partial charge < -0.3 is 9.30 Å². The van der Waals surface area contributed by atoms with Gasteiger partial charge in [-0.15, -0.1) is 10.2 Å². The normalized spacial score (nSPS) is 14.8. The minimum Gasteiger partial charge on any atom is -0.497 e. The Morgan fingerprint density at radius 2 is 2.30 bits per heavy atom. The first-order chi connectivity index (χ1) is 9.76. The first kappa shape index (κ1) is 12.8. The topological polar surface area (TPSA) is 60.2 Å². The highest BCUT2D eigenvalue weighted by Crippen LogP contribution is 2.15. The molecule has 20 heavy (non-hydrogen) atoms. The molecule has 0 radical (unpaired) electrons. The molecule has 0 bridgehead atoms. The van der Waals surface area contributed by atoms with Gasteiger partial charge >= 0.3 is 0 Å². The van der Waals surface area contributed by atoms with Crippen molar-refractivity contribution in [3.8, 4) is 5.75 Å². The summed E-state index contributed by atoms with van der Waals surface area (Å²) in [6.07, 6.45) is 1.73. The molecule has 1 aromatic heterocycles. The van der Waals surface area contributed by atoms with Crippen LogP contribution in [0.1, 0.15) is 16.2 Å². The molecule has 0 N–H and O–H groups in total. The van der Waals surface area contributed by atoms with Gasteiger partial charge in [-0.1, -0.05) is 12.1 Å². The lowest BCUT2D eigenvalue weighted by Crippen LogP contribution is -2.37. The molecular weight excluding hydrogens is 256 g/mol. The molecule has 1 aromatic carbocycles. The standard InChI is InChI=1S/C14H16N4O2/c1-20-12-4-2-3-11(7-12)13(19)8-17-5-6-18-10-15-16-14(18)9-17/h2-4,7,10H,5-6,8-9H2,1H3. The summed E-state index contributed by atoms with van der Waals surface area (Å²) in [7, 11) is 1.60. The lowest BCUT2D eigenvalue weighted by atomic mass is 10.1. The molecule has 0 spiro atoms. The fourth-order valence-electron chi connectivity index (χ4n) is 2.34. The number of hydrogen-bond acceptors (Lipinski definition) is 5. The lowest BCUT2D eigenvalue weighted by Gasteiger charge is -2.26. The van der Waals surface area contributed by atoms with Crippen LogP contribution in [0.4, 0.5) is 0 Å². The quantitative estimate of drug-likeness (QED) is 0.777. The van der Waals surface area contributed by atoms with E-state index in [2.05, 4.69) is 15.1 Å². The zero-order valence-electron chi connectivity index (χ0n) is 11.3. The van der Waals surface area contributed by atoms with Crippen LogP contribution in [0.15, 0.2) is 30.6 Å². The molecule has 1 aliphatic rings. The van der Waals surface area contributed by atoms with Gasteiger partial charge in [0.25, 0.3) is 0 Å². The largest absolute Gasteiger partial charge is 0.497 e. The number of carbonyl (C=O) groups excluding carboxylic acids is 1. The van der Waals surface area contributed by atoms with Gasteiger partial charge in [-0.2, -0.15) is 0 Å². The summed E-state index contributed by atoms with van der Waals surface area (Å²) in [5.74, 6) is 1.71. The number of hydrogen-bond donors (Lipinski definition) is 0. The van der Waals surface area contributed by atoms with Crippen LogP contribution in [-0.4, -0.2) is 45.6 Å². The van der Waals surface area contributed by atoms with Gasteiger partial charge in [0.05, 0.1) is 20.2 Å². The second-order valence-electron chi connectivity index (χ2n) is 4.81. The van der Waals surface area contributed by atoms with Crippen LogP contribution in [0.2, 0.25) is 0 Å². The second kappa shape index (κ2) is 5.42. The summed E-state index contributed by atoms with van der Waals surface area (Å²) in [6, 6.07) is 7.26. The van der Waals surface area contributed by atoms with Crippen molar-refractivity contribution < 1.29 is 9.53 Å². The number of benzene rings is 1. The minimum absolute atomic E-state index is 0.0943. The number of methoxy groups -OCH3 is 1. The van der Waals surface area contributed by atoms with Crippen LogP contribution in [-0.2, 0) is 13.1 Å². The Morgan fingerprint density at radius 3 is 3.15 bits per heavy atom. The summed E-state index contributed by atoms with van der Waals surface area (Å²) in [4.78, 5) is 14.4. The monoisotopic (exact) mass is 272 g/mol. The number of ether oxygens (including phenoxy) is 1. The van der Waals surface area contributed by atoms with Crippen molar-refractivity contribution >= 4 is 5.78 Å². The summed E-state index contributed by atoms with van der Waals surface area (Å²) in [5.41, 5.74) is 0.677. The van der Waals surface area contributed by atoms with Gasteiger partial charge in [0, 0.05) is 18.7 Å². The average Bonchev–Trinajstić information content (AvgIpc) is 2.95. The molecule has 0 atom stereocenters. The van der Waals surface area contributed by atoms with E-state index in [4.69, 9.17) is 4.74 Å². The van der Waals surface area contributed by atoms with Crippen LogP contribution in [0.3, 0.4) is 0 Å². The Balaban J connectivity index is 1.67. The number of nitrogens with zero attached hydrogens (tertiary/aromatic N) is 4. The molecule has 3 rings (SSSR count). The highest BCUT2D eigenvalue weighted by molar-refractivity contribution is 5.97. The molecule has 2 aromatic rings. The second-order valence-corrected chi connectivity index (χ2v) is 4.81. The van der Waals surface area contributed by atoms with E-state index in [1.807, 2.05) is 22.8 Å². The van der Waals surface area contributed by atoms with Gasteiger partial charge in [-0.3, -0.25) is 9.69 Å². The third kappa shape index (κ3) is 2.55. The third-order valence-electron chi connectivity index (χ3n) is 3.48. The van der Waals surface area contributed by atoms with E-state index in [0.29, 0.717) is 24.4 Å². The third-order valence-corrected chi connectivity index (χ3v) is 3.48. The van der Waals surface area contributed by atoms with Crippen molar-refractivity contribution in [3.63, 3.8) is 0 Å². The summed E-state index contributed by atoms with van der Waals surface area (Å²) in [5, 5.41) is 7.94. The molecule has 6 nitrogen and oxygen atoms in total. The van der Waals surface area contributed by atoms with E-state index in [1.165, 1.54) is 0 Å². The van der Waals surface area contributed by atoms with Crippen molar-refractivity contribution in [3.05, 3.63) is 42.0 Å². The van der Waals surface area contributed by atoms with E-state index in [1.54, 1.807) is 19.5 Å². The number of ketones is 1. The molecular formula is C14H16N4O2.